The third-order valence-corrected chi connectivity index (χ3v) is 5.33. The van der Waals surface area contributed by atoms with Crippen LogP contribution in [0.4, 0.5) is 0 Å². The van der Waals surface area contributed by atoms with E-state index in [1.165, 1.54) is 0 Å². The molecule has 2 rings (SSSR count). The number of benzene rings is 1. The van der Waals surface area contributed by atoms with E-state index in [0.29, 0.717) is 17.9 Å². The molecule has 152 valence electrons. The van der Waals surface area contributed by atoms with E-state index in [1.807, 2.05) is 43.7 Å². The Balaban J connectivity index is 2.14. The van der Waals surface area contributed by atoms with Crippen molar-refractivity contribution in [3.05, 3.63) is 52.8 Å². The molecule has 0 saturated carbocycles. The summed E-state index contributed by atoms with van der Waals surface area (Å²) in [7, 11) is 0. The smallest absolute Gasteiger partial charge is 0.315 e. The van der Waals surface area contributed by atoms with Crippen LogP contribution in [-0.4, -0.2) is 33.3 Å². The fourth-order valence-electron chi connectivity index (χ4n) is 3.52. The first-order chi connectivity index (χ1) is 13.2. The standard InChI is InChI=1S/C22H31N3O3/c1-6-22(21(27)28,18-10-8-7-9-11-18)14-23-20(26)12-19-16(4)24-25(17(19)5)13-15(2)3/h7-11,15H,6,12-14H2,1-5H3,(H,23,26)(H,27,28). The van der Waals surface area contributed by atoms with Crippen molar-refractivity contribution in [2.45, 2.75) is 59.4 Å². The number of carbonyl (C=O) groups excluding carboxylic acids is 1. The molecule has 1 aromatic heterocycles. The number of hydrogen-bond acceptors (Lipinski definition) is 3. The Morgan fingerprint density at radius 1 is 1.21 bits per heavy atom. The highest BCUT2D eigenvalue weighted by atomic mass is 16.4. The highest BCUT2D eigenvalue weighted by Crippen LogP contribution is 2.28. The zero-order valence-corrected chi connectivity index (χ0v) is 17.5. The monoisotopic (exact) mass is 385 g/mol. The van der Waals surface area contributed by atoms with Gasteiger partial charge in [0.05, 0.1) is 12.1 Å². The Morgan fingerprint density at radius 2 is 1.86 bits per heavy atom. The Labute approximate surface area is 167 Å². The molecular formula is C22H31N3O3. The van der Waals surface area contributed by atoms with Crippen LogP contribution in [0, 0.1) is 19.8 Å². The lowest BCUT2D eigenvalue weighted by atomic mass is 9.78. The molecule has 1 heterocycles. The molecule has 2 N–H and O–H groups in total. The van der Waals surface area contributed by atoms with Crippen LogP contribution in [0.2, 0.25) is 0 Å². The molecular weight excluding hydrogens is 354 g/mol. The number of aromatic nitrogens is 2. The van der Waals surface area contributed by atoms with Gasteiger partial charge >= 0.3 is 5.97 Å². The first-order valence-corrected chi connectivity index (χ1v) is 9.79. The summed E-state index contributed by atoms with van der Waals surface area (Å²) in [5.74, 6) is -0.657. The maximum Gasteiger partial charge on any atom is 0.315 e. The van der Waals surface area contributed by atoms with Crippen molar-refractivity contribution in [1.29, 1.82) is 0 Å². The number of carboxylic acids is 1. The summed E-state index contributed by atoms with van der Waals surface area (Å²) >= 11 is 0. The quantitative estimate of drug-likeness (QED) is 0.694. The fraction of sp³-hybridized carbons (Fsp3) is 0.500. The Morgan fingerprint density at radius 3 is 2.39 bits per heavy atom. The van der Waals surface area contributed by atoms with Crippen molar-refractivity contribution >= 4 is 11.9 Å². The van der Waals surface area contributed by atoms with E-state index >= 15 is 0 Å². The molecule has 0 spiro atoms. The van der Waals surface area contributed by atoms with Crippen molar-refractivity contribution in [2.24, 2.45) is 5.92 Å². The van der Waals surface area contributed by atoms with Gasteiger partial charge in [0.15, 0.2) is 0 Å². The van der Waals surface area contributed by atoms with E-state index in [-0.39, 0.29) is 18.9 Å². The number of nitrogens with one attached hydrogen (secondary N) is 1. The Hall–Kier alpha value is -2.63. The van der Waals surface area contributed by atoms with Crippen LogP contribution in [0.15, 0.2) is 30.3 Å². The second kappa shape index (κ2) is 9.04. The maximum absolute atomic E-state index is 12.6. The number of aryl methyl sites for hydroxylation is 1. The van der Waals surface area contributed by atoms with Crippen molar-refractivity contribution < 1.29 is 14.7 Å². The molecule has 28 heavy (non-hydrogen) atoms. The number of aliphatic carboxylic acids is 1. The van der Waals surface area contributed by atoms with Gasteiger partial charge in [-0.15, -0.1) is 0 Å². The third-order valence-electron chi connectivity index (χ3n) is 5.33. The predicted octanol–water partition coefficient (Wildman–Crippen LogP) is 3.25. The minimum atomic E-state index is -1.14. The minimum absolute atomic E-state index is 0.0555. The molecule has 0 aliphatic heterocycles. The molecule has 0 aliphatic carbocycles. The summed E-state index contributed by atoms with van der Waals surface area (Å²) in [6.45, 7) is 10.8. The lowest BCUT2D eigenvalue weighted by Crippen LogP contribution is -2.46. The number of amides is 1. The number of nitrogens with zero attached hydrogens (tertiary/aromatic N) is 2. The van der Waals surface area contributed by atoms with Crippen LogP contribution in [0.1, 0.15) is 49.7 Å². The average Bonchev–Trinajstić information content (AvgIpc) is 2.90. The van der Waals surface area contributed by atoms with Crippen LogP contribution < -0.4 is 5.32 Å². The molecule has 0 aliphatic rings. The Kier molecular flexibility index (Phi) is 7.00. The normalized spacial score (nSPS) is 13.4. The topological polar surface area (TPSA) is 84.2 Å². The van der Waals surface area contributed by atoms with Crippen molar-refractivity contribution in [1.82, 2.24) is 15.1 Å². The molecule has 0 bridgehead atoms. The van der Waals surface area contributed by atoms with Gasteiger partial charge in [-0.2, -0.15) is 5.10 Å². The van der Waals surface area contributed by atoms with Crippen LogP contribution >= 0.6 is 0 Å². The summed E-state index contributed by atoms with van der Waals surface area (Å²) in [6, 6.07) is 9.09. The van der Waals surface area contributed by atoms with Gasteiger partial charge in [0.25, 0.3) is 0 Å². The van der Waals surface area contributed by atoms with E-state index in [0.717, 1.165) is 23.5 Å². The average molecular weight is 386 g/mol. The summed E-state index contributed by atoms with van der Waals surface area (Å²) in [5.41, 5.74) is 2.31. The summed E-state index contributed by atoms with van der Waals surface area (Å²) in [6.07, 6.45) is 0.584. The van der Waals surface area contributed by atoms with Gasteiger partial charge in [-0.1, -0.05) is 51.1 Å². The van der Waals surface area contributed by atoms with E-state index in [1.54, 1.807) is 12.1 Å². The molecule has 6 nitrogen and oxygen atoms in total. The summed E-state index contributed by atoms with van der Waals surface area (Å²) < 4.78 is 1.94. The van der Waals surface area contributed by atoms with Crippen LogP contribution in [0.5, 0.6) is 0 Å². The van der Waals surface area contributed by atoms with Gasteiger partial charge in [0.1, 0.15) is 5.41 Å². The third kappa shape index (κ3) is 4.61. The first kappa shape index (κ1) is 21.7. The summed E-state index contributed by atoms with van der Waals surface area (Å²) in [4.78, 5) is 24.7. The number of carboxylic acid groups (broad SMARTS) is 1. The molecule has 0 fully saturated rings. The molecule has 1 unspecified atom stereocenters. The van der Waals surface area contributed by atoms with Gasteiger partial charge in [0.2, 0.25) is 5.91 Å². The molecule has 1 atom stereocenters. The fourth-order valence-corrected chi connectivity index (χ4v) is 3.52. The van der Waals surface area contributed by atoms with E-state index in [9.17, 15) is 14.7 Å². The van der Waals surface area contributed by atoms with E-state index in [2.05, 4.69) is 24.3 Å². The van der Waals surface area contributed by atoms with Gasteiger partial charge in [-0.25, -0.2) is 0 Å². The Bertz CT molecular complexity index is 827. The maximum atomic E-state index is 12.6. The predicted molar refractivity (Wildman–Crippen MR) is 109 cm³/mol. The van der Waals surface area contributed by atoms with Crippen molar-refractivity contribution in [3.8, 4) is 0 Å². The first-order valence-electron chi connectivity index (χ1n) is 9.79. The largest absolute Gasteiger partial charge is 0.481 e. The second-order valence-electron chi connectivity index (χ2n) is 7.79. The highest BCUT2D eigenvalue weighted by Gasteiger charge is 2.39. The zero-order valence-electron chi connectivity index (χ0n) is 17.5. The van der Waals surface area contributed by atoms with Crippen molar-refractivity contribution in [2.75, 3.05) is 6.54 Å². The lowest BCUT2D eigenvalue weighted by molar-refractivity contribution is -0.144. The van der Waals surface area contributed by atoms with Gasteiger partial charge < -0.3 is 10.4 Å². The van der Waals surface area contributed by atoms with Gasteiger partial charge in [-0.05, 0) is 31.7 Å². The molecule has 0 radical (unpaired) electrons. The van der Waals surface area contributed by atoms with Gasteiger partial charge in [-0.3, -0.25) is 14.3 Å². The van der Waals surface area contributed by atoms with Crippen LogP contribution in [0.25, 0.3) is 0 Å². The lowest BCUT2D eigenvalue weighted by Gasteiger charge is -2.29. The minimum Gasteiger partial charge on any atom is -0.481 e. The van der Waals surface area contributed by atoms with E-state index < -0.39 is 11.4 Å². The number of rotatable bonds is 9. The van der Waals surface area contributed by atoms with Gasteiger partial charge in [0, 0.05) is 24.3 Å². The molecule has 0 saturated heterocycles. The van der Waals surface area contributed by atoms with Crippen LogP contribution in [0.3, 0.4) is 0 Å². The highest BCUT2D eigenvalue weighted by molar-refractivity contribution is 5.84. The second-order valence-corrected chi connectivity index (χ2v) is 7.79. The summed E-state index contributed by atoms with van der Waals surface area (Å²) in [5, 5.41) is 17.3. The number of carbonyl (C=O) groups is 2. The SMILES string of the molecule is CCC(CNC(=O)Cc1c(C)nn(CC(C)C)c1C)(C(=O)O)c1ccccc1. The van der Waals surface area contributed by atoms with Crippen LogP contribution in [-0.2, 0) is 28.0 Å². The van der Waals surface area contributed by atoms with Crippen molar-refractivity contribution in [3.63, 3.8) is 0 Å². The zero-order chi connectivity index (χ0) is 20.9. The number of hydrogen-bond donors (Lipinski definition) is 2. The molecule has 1 aromatic carbocycles. The molecule has 2 aromatic rings. The molecule has 1 amide bonds. The molecule has 6 heteroatoms. The van der Waals surface area contributed by atoms with E-state index in [4.69, 9.17) is 0 Å².